The molecule has 0 aliphatic rings. The maximum absolute atomic E-state index is 12.3. The largest absolute Gasteiger partial charge is 0.481 e. The van der Waals surface area contributed by atoms with Gasteiger partial charge in [-0.15, -0.1) is 0 Å². The lowest BCUT2D eigenvalue weighted by molar-refractivity contribution is -0.136. The Morgan fingerprint density at radius 2 is 1.81 bits per heavy atom. The van der Waals surface area contributed by atoms with E-state index in [1.807, 2.05) is 0 Å². The van der Waals surface area contributed by atoms with Crippen molar-refractivity contribution in [3.8, 4) is 0 Å². The topological polar surface area (TPSA) is 66.4 Å². The van der Waals surface area contributed by atoms with E-state index in [0.717, 1.165) is 4.47 Å². The molecule has 0 heterocycles. The minimum absolute atomic E-state index is 0.141. The molecule has 2 aromatic rings. The van der Waals surface area contributed by atoms with Gasteiger partial charge in [-0.3, -0.25) is 9.59 Å². The number of rotatable bonds is 4. The highest BCUT2D eigenvalue weighted by molar-refractivity contribution is 9.11. The molecule has 2 aromatic carbocycles. The minimum atomic E-state index is -0.943. The molecule has 6 heteroatoms. The fourth-order valence-corrected chi connectivity index (χ4v) is 3.05. The van der Waals surface area contributed by atoms with Crippen LogP contribution in [0, 0.1) is 0 Å². The van der Waals surface area contributed by atoms with Gasteiger partial charge in [0.15, 0.2) is 0 Å². The summed E-state index contributed by atoms with van der Waals surface area (Å²) in [6.07, 6.45) is -0.141. The summed E-state index contributed by atoms with van der Waals surface area (Å²) in [6, 6.07) is 12.1. The molecule has 2 N–H and O–H groups in total. The summed E-state index contributed by atoms with van der Waals surface area (Å²) in [5.41, 5.74) is 1.54. The summed E-state index contributed by atoms with van der Waals surface area (Å²) in [5, 5.41) is 11.6. The molecule has 0 fully saturated rings. The number of halogens is 2. The number of amides is 1. The van der Waals surface area contributed by atoms with Crippen LogP contribution in [0.1, 0.15) is 15.9 Å². The molecular formula is C15H11Br2NO3. The second kappa shape index (κ2) is 6.87. The average molecular weight is 413 g/mol. The number of carbonyl (C=O) groups is 2. The zero-order valence-corrected chi connectivity index (χ0v) is 13.9. The number of hydrogen-bond acceptors (Lipinski definition) is 2. The highest BCUT2D eigenvalue weighted by Crippen LogP contribution is 2.24. The zero-order valence-electron chi connectivity index (χ0n) is 10.8. The van der Waals surface area contributed by atoms with E-state index in [1.165, 1.54) is 0 Å². The lowest BCUT2D eigenvalue weighted by atomic mass is 10.1. The minimum Gasteiger partial charge on any atom is -0.481 e. The molecule has 0 saturated heterocycles. The van der Waals surface area contributed by atoms with Crippen LogP contribution in [0.2, 0.25) is 0 Å². The predicted molar refractivity (Wildman–Crippen MR) is 87.6 cm³/mol. The molecule has 21 heavy (non-hydrogen) atoms. The number of benzene rings is 2. The monoisotopic (exact) mass is 411 g/mol. The van der Waals surface area contributed by atoms with Crippen LogP contribution in [0.4, 0.5) is 5.69 Å². The third-order valence-electron chi connectivity index (χ3n) is 2.78. The number of nitrogens with one attached hydrogen (secondary N) is 1. The number of carbonyl (C=O) groups excluding carboxylic acids is 1. The number of carboxylic acids is 1. The Morgan fingerprint density at radius 3 is 2.48 bits per heavy atom. The van der Waals surface area contributed by atoms with Crippen LogP contribution in [0.25, 0.3) is 0 Å². The number of anilines is 1. The van der Waals surface area contributed by atoms with Crippen LogP contribution in [0.5, 0.6) is 0 Å². The van der Waals surface area contributed by atoms with Crippen molar-refractivity contribution in [2.24, 2.45) is 0 Å². The molecule has 0 saturated carbocycles. The second-order valence-electron chi connectivity index (χ2n) is 4.31. The van der Waals surface area contributed by atoms with Crippen molar-refractivity contribution < 1.29 is 14.7 Å². The van der Waals surface area contributed by atoms with Gasteiger partial charge in [-0.05, 0) is 45.8 Å². The Morgan fingerprint density at radius 1 is 1.10 bits per heavy atom. The van der Waals surface area contributed by atoms with Crippen molar-refractivity contribution in [2.75, 3.05) is 5.32 Å². The molecule has 0 aromatic heterocycles. The molecular weight excluding hydrogens is 402 g/mol. The number of para-hydroxylation sites is 1. The van der Waals surface area contributed by atoms with E-state index >= 15 is 0 Å². The van der Waals surface area contributed by atoms with Crippen molar-refractivity contribution >= 4 is 49.4 Å². The van der Waals surface area contributed by atoms with Gasteiger partial charge in [0.05, 0.1) is 12.0 Å². The van der Waals surface area contributed by atoms with Gasteiger partial charge in [-0.2, -0.15) is 0 Å². The molecule has 0 unspecified atom stereocenters. The van der Waals surface area contributed by atoms with Crippen LogP contribution in [0.15, 0.2) is 51.4 Å². The zero-order chi connectivity index (χ0) is 15.4. The van der Waals surface area contributed by atoms with Gasteiger partial charge >= 0.3 is 5.97 Å². The first-order valence-electron chi connectivity index (χ1n) is 6.03. The van der Waals surface area contributed by atoms with E-state index in [2.05, 4.69) is 37.2 Å². The summed E-state index contributed by atoms with van der Waals surface area (Å²) in [6.45, 7) is 0. The van der Waals surface area contributed by atoms with Gasteiger partial charge in [-0.25, -0.2) is 0 Å². The smallest absolute Gasteiger partial charge is 0.307 e. The van der Waals surface area contributed by atoms with Gasteiger partial charge < -0.3 is 10.4 Å². The summed E-state index contributed by atoms with van der Waals surface area (Å²) in [4.78, 5) is 23.1. The van der Waals surface area contributed by atoms with Crippen molar-refractivity contribution in [3.05, 3.63) is 62.5 Å². The summed E-state index contributed by atoms with van der Waals surface area (Å²) in [5.74, 6) is -1.24. The summed E-state index contributed by atoms with van der Waals surface area (Å²) in [7, 11) is 0. The van der Waals surface area contributed by atoms with E-state index < -0.39 is 5.97 Å². The van der Waals surface area contributed by atoms with E-state index in [-0.39, 0.29) is 12.3 Å². The molecule has 0 atom stereocenters. The quantitative estimate of drug-likeness (QED) is 0.794. The first kappa shape index (κ1) is 15.7. The normalized spacial score (nSPS) is 10.2. The van der Waals surface area contributed by atoms with Crippen molar-refractivity contribution in [1.29, 1.82) is 0 Å². The van der Waals surface area contributed by atoms with E-state index in [9.17, 15) is 9.59 Å². The Bertz CT molecular complexity index is 701. The first-order chi connectivity index (χ1) is 9.97. The molecule has 2 rings (SSSR count). The van der Waals surface area contributed by atoms with Crippen LogP contribution in [-0.2, 0) is 11.2 Å². The van der Waals surface area contributed by atoms with Crippen LogP contribution in [0.3, 0.4) is 0 Å². The third kappa shape index (κ3) is 4.15. The standard InChI is InChI=1S/C15H11Br2NO3/c16-10-5-6-11(12(17)8-10)15(21)18-13-4-2-1-3-9(13)7-14(19)20/h1-6,8H,7H2,(H,18,21)(H,19,20). The molecule has 1 amide bonds. The van der Waals surface area contributed by atoms with Crippen molar-refractivity contribution in [3.63, 3.8) is 0 Å². The molecule has 108 valence electrons. The highest BCUT2D eigenvalue weighted by atomic mass is 79.9. The Balaban J connectivity index is 2.25. The molecule has 0 aliphatic heterocycles. The van der Waals surface area contributed by atoms with Crippen molar-refractivity contribution in [2.45, 2.75) is 6.42 Å². The number of aliphatic carboxylic acids is 1. The summed E-state index contributed by atoms with van der Waals surface area (Å²) >= 11 is 6.66. The van der Waals surface area contributed by atoms with Gasteiger partial charge in [0.2, 0.25) is 0 Å². The SMILES string of the molecule is O=C(O)Cc1ccccc1NC(=O)c1ccc(Br)cc1Br. The second-order valence-corrected chi connectivity index (χ2v) is 6.08. The number of hydrogen-bond donors (Lipinski definition) is 2. The predicted octanol–water partition coefficient (Wildman–Crippen LogP) is 4.09. The average Bonchev–Trinajstić information content (AvgIpc) is 2.40. The lowest BCUT2D eigenvalue weighted by Crippen LogP contribution is -2.15. The van der Waals surface area contributed by atoms with Gasteiger partial charge in [-0.1, -0.05) is 34.1 Å². The fraction of sp³-hybridized carbons (Fsp3) is 0.0667. The van der Waals surface area contributed by atoms with Crippen LogP contribution < -0.4 is 5.32 Å². The third-order valence-corrected chi connectivity index (χ3v) is 3.93. The van der Waals surface area contributed by atoms with E-state index in [1.54, 1.807) is 42.5 Å². The van der Waals surface area contributed by atoms with Crippen molar-refractivity contribution in [1.82, 2.24) is 0 Å². The highest BCUT2D eigenvalue weighted by Gasteiger charge is 2.13. The number of carboxylic acid groups (broad SMARTS) is 1. The lowest BCUT2D eigenvalue weighted by Gasteiger charge is -2.11. The van der Waals surface area contributed by atoms with E-state index in [4.69, 9.17) is 5.11 Å². The maximum Gasteiger partial charge on any atom is 0.307 e. The van der Waals surface area contributed by atoms with Crippen LogP contribution in [-0.4, -0.2) is 17.0 Å². The Kier molecular flexibility index (Phi) is 5.14. The summed E-state index contributed by atoms with van der Waals surface area (Å²) < 4.78 is 1.52. The fourth-order valence-electron chi connectivity index (χ4n) is 1.82. The molecule has 0 aliphatic carbocycles. The van der Waals surface area contributed by atoms with Gasteiger partial charge in [0.1, 0.15) is 0 Å². The van der Waals surface area contributed by atoms with E-state index in [0.29, 0.717) is 21.3 Å². The van der Waals surface area contributed by atoms with Gasteiger partial charge in [0, 0.05) is 14.6 Å². The van der Waals surface area contributed by atoms with Gasteiger partial charge in [0.25, 0.3) is 5.91 Å². The molecule has 4 nitrogen and oxygen atoms in total. The first-order valence-corrected chi connectivity index (χ1v) is 7.62. The van der Waals surface area contributed by atoms with Crippen LogP contribution >= 0.6 is 31.9 Å². The molecule has 0 radical (unpaired) electrons. The molecule has 0 spiro atoms. The maximum atomic E-state index is 12.3. The Labute approximate surface area is 138 Å². The molecule has 0 bridgehead atoms. The Hall–Kier alpha value is -1.66.